The molecular weight excluding hydrogens is 471 g/mol. The SMILES string of the molecule is CC(C)(C)OC(=O)N1CCN2C(=O)c3c(N4CCC5(COC5)C4)nc(Cl)c(Cl)c3OC[C@H]2C1. The average molecular weight is 499 g/mol. The summed E-state index contributed by atoms with van der Waals surface area (Å²) in [5.74, 6) is 0.562. The Balaban J connectivity index is 1.43. The van der Waals surface area contributed by atoms with E-state index in [1.807, 2.05) is 20.8 Å². The minimum absolute atomic E-state index is 0.108. The molecule has 11 heteroatoms. The molecule has 2 amide bonds. The zero-order valence-corrected chi connectivity index (χ0v) is 20.5. The summed E-state index contributed by atoms with van der Waals surface area (Å²) < 4.78 is 17.0. The smallest absolute Gasteiger partial charge is 0.410 e. The summed E-state index contributed by atoms with van der Waals surface area (Å²) in [5.41, 5.74) is -0.143. The van der Waals surface area contributed by atoms with Gasteiger partial charge >= 0.3 is 6.09 Å². The molecule has 0 unspecified atom stereocenters. The number of hydrogen-bond acceptors (Lipinski definition) is 7. The van der Waals surface area contributed by atoms with Crippen LogP contribution in [0.3, 0.4) is 0 Å². The first kappa shape index (κ1) is 22.8. The second-order valence-corrected chi connectivity index (χ2v) is 11.0. The van der Waals surface area contributed by atoms with Crippen LogP contribution in [0.15, 0.2) is 0 Å². The van der Waals surface area contributed by atoms with E-state index >= 15 is 0 Å². The Morgan fingerprint density at radius 3 is 2.61 bits per heavy atom. The Hall–Kier alpha value is -1.97. The van der Waals surface area contributed by atoms with Crippen LogP contribution in [0, 0.1) is 5.41 Å². The molecule has 33 heavy (non-hydrogen) atoms. The molecule has 5 rings (SSSR count). The first-order valence-electron chi connectivity index (χ1n) is 11.2. The molecule has 1 aromatic heterocycles. The minimum atomic E-state index is -0.594. The molecule has 0 aromatic carbocycles. The van der Waals surface area contributed by atoms with Crippen molar-refractivity contribution in [3.05, 3.63) is 15.7 Å². The monoisotopic (exact) mass is 498 g/mol. The topological polar surface area (TPSA) is 84.4 Å². The maximum Gasteiger partial charge on any atom is 0.410 e. The molecule has 9 nitrogen and oxygen atoms in total. The zero-order chi connectivity index (χ0) is 23.5. The molecule has 1 atom stereocenters. The van der Waals surface area contributed by atoms with Crippen molar-refractivity contribution in [1.29, 1.82) is 0 Å². The third-order valence-electron chi connectivity index (χ3n) is 6.62. The number of amides is 2. The summed E-state index contributed by atoms with van der Waals surface area (Å²) in [6.45, 7) is 9.65. The van der Waals surface area contributed by atoms with Crippen molar-refractivity contribution in [3.8, 4) is 5.75 Å². The van der Waals surface area contributed by atoms with Crippen LogP contribution >= 0.6 is 23.2 Å². The van der Waals surface area contributed by atoms with Gasteiger partial charge in [-0.15, -0.1) is 0 Å². The van der Waals surface area contributed by atoms with Gasteiger partial charge in [0.15, 0.2) is 10.9 Å². The first-order valence-corrected chi connectivity index (χ1v) is 12.0. The minimum Gasteiger partial charge on any atom is -0.489 e. The number of hydrogen-bond donors (Lipinski definition) is 0. The lowest BCUT2D eigenvalue weighted by Crippen LogP contribution is -2.58. The Morgan fingerprint density at radius 2 is 1.97 bits per heavy atom. The highest BCUT2D eigenvalue weighted by Gasteiger charge is 2.47. The van der Waals surface area contributed by atoms with Crippen LogP contribution in [-0.2, 0) is 9.47 Å². The fourth-order valence-corrected chi connectivity index (χ4v) is 5.24. The standard InChI is InChI=1S/C22H28Cl2N4O5/c1-21(2,3)33-20(30)26-6-7-28-13(8-26)9-32-16-14(19(28)29)18(25-17(24)15(16)23)27-5-4-22(10-27)11-31-12-22/h13H,4-12H2,1-3H3/t13-/m1/s1. The third-order valence-corrected chi connectivity index (χ3v) is 7.34. The Labute approximate surface area is 202 Å². The van der Waals surface area contributed by atoms with Crippen LogP contribution in [0.4, 0.5) is 10.6 Å². The quantitative estimate of drug-likeness (QED) is 0.550. The van der Waals surface area contributed by atoms with Crippen LogP contribution in [-0.4, -0.2) is 91.0 Å². The number of ether oxygens (including phenoxy) is 3. The number of carbonyl (C=O) groups excluding carboxylic acids is 2. The number of carbonyl (C=O) groups is 2. The molecule has 4 aliphatic rings. The maximum atomic E-state index is 13.8. The summed E-state index contributed by atoms with van der Waals surface area (Å²) in [5, 5.41) is 0.243. The number of halogens is 2. The summed E-state index contributed by atoms with van der Waals surface area (Å²) in [7, 11) is 0. The van der Waals surface area contributed by atoms with Gasteiger partial charge in [0.1, 0.15) is 28.6 Å². The molecule has 5 heterocycles. The van der Waals surface area contributed by atoms with Gasteiger partial charge in [-0.1, -0.05) is 23.2 Å². The lowest BCUT2D eigenvalue weighted by atomic mass is 9.85. The molecule has 4 aliphatic heterocycles. The van der Waals surface area contributed by atoms with Crippen molar-refractivity contribution in [2.75, 3.05) is 57.4 Å². The lowest BCUT2D eigenvalue weighted by Gasteiger charge is -2.40. The van der Waals surface area contributed by atoms with E-state index in [1.54, 1.807) is 9.80 Å². The highest BCUT2D eigenvalue weighted by atomic mass is 35.5. The van der Waals surface area contributed by atoms with Gasteiger partial charge in [-0.05, 0) is 27.2 Å². The fourth-order valence-electron chi connectivity index (χ4n) is 4.88. The highest BCUT2D eigenvalue weighted by Crippen LogP contribution is 2.45. The van der Waals surface area contributed by atoms with Crippen LogP contribution in [0.2, 0.25) is 10.2 Å². The molecule has 1 spiro atoms. The predicted octanol–water partition coefficient (Wildman–Crippen LogP) is 3.07. The Kier molecular flexibility index (Phi) is 5.57. The predicted molar refractivity (Wildman–Crippen MR) is 122 cm³/mol. The molecule has 3 fully saturated rings. The second-order valence-electron chi connectivity index (χ2n) is 10.3. The third kappa shape index (κ3) is 4.08. The summed E-state index contributed by atoms with van der Waals surface area (Å²) in [6, 6.07) is -0.334. The van der Waals surface area contributed by atoms with Gasteiger partial charge in [0.25, 0.3) is 5.91 Å². The second kappa shape index (κ2) is 8.06. The van der Waals surface area contributed by atoms with Gasteiger partial charge in [-0.2, -0.15) is 0 Å². The number of aromatic nitrogens is 1. The van der Waals surface area contributed by atoms with Crippen molar-refractivity contribution in [2.45, 2.75) is 38.8 Å². The van der Waals surface area contributed by atoms with Crippen LogP contribution < -0.4 is 9.64 Å². The number of fused-ring (bicyclic) bond motifs is 2. The molecule has 0 N–H and O–H groups in total. The van der Waals surface area contributed by atoms with Gasteiger partial charge in [-0.3, -0.25) is 4.79 Å². The van der Waals surface area contributed by atoms with E-state index in [1.165, 1.54) is 0 Å². The highest BCUT2D eigenvalue weighted by molar-refractivity contribution is 6.42. The Morgan fingerprint density at radius 1 is 1.21 bits per heavy atom. The molecule has 0 saturated carbocycles. The van der Waals surface area contributed by atoms with Crippen LogP contribution in [0.25, 0.3) is 0 Å². The van der Waals surface area contributed by atoms with E-state index in [2.05, 4.69) is 9.88 Å². The van der Waals surface area contributed by atoms with Crippen molar-refractivity contribution in [1.82, 2.24) is 14.8 Å². The van der Waals surface area contributed by atoms with Crippen molar-refractivity contribution in [3.63, 3.8) is 0 Å². The van der Waals surface area contributed by atoms with E-state index in [9.17, 15) is 9.59 Å². The van der Waals surface area contributed by atoms with Crippen LogP contribution in [0.1, 0.15) is 37.6 Å². The molecule has 0 bridgehead atoms. The van der Waals surface area contributed by atoms with Gasteiger partial charge in [-0.25, -0.2) is 9.78 Å². The van der Waals surface area contributed by atoms with Gasteiger partial charge in [0.05, 0.1) is 19.3 Å². The van der Waals surface area contributed by atoms with Gasteiger partial charge < -0.3 is 28.9 Å². The molecule has 0 radical (unpaired) electrons. The normalized spacial score (nSPS) is 24.1. The van der Waals surface area contributed by atoms with E-state index < -0.39 is 11.7 Å². The zero-order valence-electron chi connectivity index (χ0n) is 19.0. The van der Waals surface area contributed by atoms with E-state index in [-0.39, 0.29) is 39.9 Å². The van der Waals surface area contributed by atoms with Crippen molar-refractivity contribution >= 4 is 41.0 Å². The maximum absolute atomic E-state index is 13.8. The summed E-state index contributed by atoms with van der Waals surface area (Å²) >= 11 is 12.8. The number of nitrogens with zero attached hydrogens (tertiary/aromatic N) is 4. The number of rotatable bonds is 1. The first-order chi connectivity index (χ1) is 15.6. The van der Waals surface area contributed by atoms with Crippen LogP contribution in [0.5, 0.6) is 5.75 Å². The van der Waals surface area contributed by atoms with Gasteiger partial charge in [0.2, 0.25) is 0 Å². The fraction of sp³-hybridized carbons (Fsp3) is 0.682. The van der Waals surface area contributed by atoms with Crippen molar-refractivity contribution < 1.29 is 23.8 Å². The summed E-state index contributed by atoms with van der Waals surface area (Å²) in [4.78, 5) is 36.3. The summed E-state index contributed by atoms with van der Waals surface area (Å²) in [6.07, 6.45) is 0.570. The Bertz CT molecular complexity index is 994. The molecule has 180 valence electrons. The molecule has 0 aliphatic carbocycles. The van der Waals surface area contributed by atoms with Crippen molar-refractivity contribution in [2.24, 2.45) is 5.41 Å². The van der Waals surface area contributed by atoms with Gasteiger partial charge in [0, 0.05) is 38.1 Å². The van der Waals surface area contributed by atoms with E-state index in [0.717, 1.165) is 19.5 Å². The molecule has 3 saturated heterocycles. The number of piperazine rings is 1. The largest absolute Gasteiger partial charge is 0.489 e. The lowest BCUT2D eigenvalue weighted by molar-refractivity contribution is -0.0985. The van der Waals surface area contributed by atoms with E-state index in [0.29, 0.717) is 44.2 Å². The molecular formula is C22H28Cl2N4O5. The average Bonchev–Trinajstić information content (AvgIpc) is 3.13. The number of anilines is 1. The number of pyridine rings is 1. The van der Waals surface area contributed by atoms with E-state index in [4.69, 9.17) is 37.4 Å². The molecule has 1 aromatic rings.